The minimum absolute atomic E-state index is 0.0101. The first-order valence-corrected chi connectivity index (χ1v) is 28.8. The van der Waals surface area contributed by atoms with E-state index in [0.717, 1.165) is 70.6 Å². The van der Waals surface area contributed by atoms with Gasteiger partial charge in [-0.1, -0.05) is 195 Å². The first-order valence-electron chi connectivity index (χ1n) is 27.4. The van der Waals surface area contributed by atoms with Gasteiger partial charge in [0.05, 0.1) is 39.9 Å². The molecule has 0 heterocycles. The summed E-state index contributed by atoms with van der Waals surface area (Å²) in [5, 5.41) is 24.7. The molecule has 0 rings (SSSR count). The number of unbranched alkanes of at least 4 members (excludes halogenated alkanes) is 24. The molecule has 4 unspecified atom stereocenters. The van der Waals surface area contributed by atoms with Gasteiger partial charge in [0.25, 0.3) is 0 Å². The average molecular weight is 962 g/mol. The number of likely N-dealkylation sites (N-methyl/N-ethyl adjacent to an activating group) is 1. The van der Waals surface area contributed by atoms with Gasteiger partial charge in [-0.25, -0.2) is 4.57 Å². The Morgan fingerprint density at radius 2 is 0.955 bits per heavy atom. The van der Waals surface area contributed by atoms with Crippen molar-refractivity contribution in [2.45, 2.75) is 244 Å². The Bertz CT molecular complexity index is 1340. The van der Waals surface area contributed by atoms with Crippen LogP contribution in [0.1, 0.15) is 226 Å². The molecule has 67 heavy (non-hydrogen) atoms. The molecule has 0 aliphatic heterocycles. The van der Waals surface area contributed by atoms with Gasteiger partial charge in [0.1, 0.15) is 19.3 Å². The Morgan fingerprint density at radius 1 is 0.552 bits per heavy atom. The molecule has 0 aliphatic carbocycles. The number of aliphatic hydroxyl groups is 2. The maximum absolute atomic E-state index is 13.0. The van der Waals surface area contributed by atoms with E-state index in [1.807, 2.05) is 28.1 Å². The highest BCUT2D eigenvalue weighted by molar-refractivity contribution is 7.47. The molecule has 1 amide bonds. The number of nitrogens with one attached hydrogen (secondary N) is 1. The van der Waals surface area contributed by atoms with E-state index in [0.29, 0.717) is 23.9 Å². The molecule has 4 atom stereocenters. The fourth-order valence-electron chi connectivity index (χ4n) is 7.72. The number of hydrogen-bond donors (Lipinski definition) is 4. The van der Waals surface area contributed by atoms with Crippen molar-refractivity contribution >= 4 is 13.7 Å². The van der Waals surface area contributed by atoms with Gasteiger partial charge in [-0.2, -0.15) is 0 Å². The van der Waals surface area contributed by atoms with Gasteiger partial charge in [-0.3, -0.25) is 13.8 Å². The number of hydrogen-bond acceptors (Lipinski definition) is 6. The zero-order valence-corrected chi connectivity index (χ0v) is 44.9. The molecule has 0 bridgehead atoms. The van der Waals surface area contributed by atoms with Crippen LogP contribution in [0.2, 0.25) is 0 Å². The molecule has 4 N–H and O–H groups in total. The number of quaternary nitrogens is 1. The quantitative estimate of drug-likeness (QED) is 0.0207. The summed E-state index contributed by atoms with van der Waals surface area (Å²) in [6.07, 6.45) is 61.5. The second-order valence-corrected chi connectivity index (χ2v) is 21.2. The van der Waals surface area contributed by atoms with E-state index in [1.54, 1.807) is 0 Å². The Morgan fingerprint density at radius 3 is 1.43 bits per heavy atom. The SMILES string of the molecule is C/C=C/CC/C=C/CC/C=C/CCCC(O)C(O)C(COP(=O)(O)OCC[N+](C)(C)C)NC(=O)CCCCCCCCCCCCCCCCCC/C=C\C/C=C\C/C=C\CCCCCCC. The van der Waals surface area contributed by atoms with Crippen molar-refractivity contribution in [3.8, 4) is 0 Å². The standard InChI is InChI=1S/C57H105N2O7P/c1-6-8-10-12-14-16-18-20-21-22-23-24-25-26-27-28-29-30-31-32-33-34-35-36-37-38-40-42-44-46-48-50-56(61)58-54(53-66-67(63,64)65-52-51-59(3,4)5)57(62)55(60)49-47-45-43-41-39-19-17-15-13-11-9-7-2/h7,9,15,17-18,20,22-23,25-26,41,43,54-55,57,60,62H,6,8,10-14,16,19,21,24,27-40,42,44-53H2,1-5H3,(H-,58,61,63,64)/p+1/b9-7+,17-15+,20-18-,23-22-,26-25-,43-41+. The Hall–Kier alpha value is -2.10. The largest absolute Gasteiger partial charge is 0.472 e. The van der Waals surface area contributed by atoms with Crippen molar-refractivity contribution < 1.29 is 38.0 Å². The number of rotatable bonds is 49. The van der Waals surface area contributed by atoms with Gasteiger partial charge >= 0.3 is 7.82 Å². The smallest absolute Gasteiger partial charge is 0.390 e. The highest BCUT2D eigenvalue weighted by Gasteiger charge is 2.31. The Balaban J connectivity index is 4.17. The summed E-state index contributed by atoms with van der Waals surface area (Å²) in [7, 11) is 1.40. The van der Waals surface area contributed by atoms with Gasteiger partial charge < -0.3 is 24.9 Å². The number of allylic oxidation sites excluding steroid dienone is 12. The molecule has 0 aromatic rings. The van der Waals surface area contributed by atoms with Gasteiger partial charge in [-0.15, -0.1) is 0 Å². The molecule has 390 valence electrons. The average Bonchev–Trinajstić information content (AvgIpc) is 3.29. The van der Waals surface area contributed by atoms with Gasteiger partial charge in [0.2, 0.25) is 5.91 Å². The number of amides is 1. The fourth-order valence-corrected chi connectivity index (χ4v) is 8.46. The van der Waals surface area contributed by atoms with Crippen LogP contribution in [-0.4, -0.2) is 84.6 Å². The molecule has 10 heteroatoms. The van der Waals surface area contributed by atoms with Gasteiger partial charge in [-0.05, 0) is 96.8 Å². The Labute approximate surface area is 413 Å². The molecular weight excluding hydrogens is 856 g/mol. The molecule has 0 spiro atoms. The van der Waals surface area contributed by atoms with Crippen LogP contribution in [0.4, 0.5) is 0 Å². The lowest BCUT2D eigenvalue weighted by atomic mass is 10.0. The van der Waals surface area contributed by atoms with Crippen LogP contribution in [0, 0.1) is 0 Å². The summed E-state index contributed by atoms with van der Waals surface area (Å²) in [4.78, 5) is 23.3. The van der Waals surface area contributed by atoms with Crippen LogP contribution in [0.5, 0.6) is 0 Å². The molecule has 0 fully saturated rings. The highest BCUT2D eigenvalue weighted by Crippen LogP contribution is 2.43. The van der Waals surface area contributed by atoms with E-state index in [4.69, 9.17) is 9.05 Å². The second-order valence-electron chi connectivity index (χ2n) is 19.7. The topological polar surface area (TPSA) is 125 Å². The first-order chi connectivity index (χ1) is 32.4. The van der Waals surface area contributed by atoms with Crippen molar-refractivity contribution in [1.82, 2.24) is 5.32 Å². The molecule has 0 aliphatic rings. The number of phosphoric ester groups is 1. The predicted molar refractivity (Wildman–Crippen MR) is 287 cm³/mol. The molecule has 9 nitrogen and oxygen atoms in total. The summed E-state index contributed by atoms with van der Waals surface area (Å²) < 4.78 is 23.6. The number of phosphoric acid groups is 1. The van der Waals surface area contributed by atoms with Crippen molar-refractivity contribution in [3.63, 3.8) is 0 Å². The van der Waals surface area contributed by atoms with Gasteiger partial charge in [0, 0.05) is 6.42 Å². The Kier molecular flexibility index (Phi) is 46.1. The van der Waals surface area contributed by atoms with E-state index >= 15 is 0 Å². The minimum Gasteiger partial charge on any atom is -0.390 e. The summed E-state index contributed by atoms with van der Waals surface area (Å²) >= 11 is 0. The molecule has 0 radical (unpaired) electrons. The van der Waals surface area contributed by atoms with Crippen LogP contribution < -0.4 is 5.32 Å². The van der Waals surface area contributed by atoms with Crippen LogP contribution in [0.3, 0.4) is 0 Å². The summed E-state index contributed by atoms with van der Waals surface area (Å²) in [6, 6.07) is -1.06. The van der Waals surface area contributed by atoms with E-state index < -0.39 is 32.7 Å². The third-order valence-electron chi connectivity index (χ3n) is 12.1. The molecule has 0 saturated heterocycles. The fraction of sp³-hybridized carbons (Fsp3) is 0.772. The van der Waals surface area contributed by atoms with E-state index in [-0.39, 0.29) is 18.9 Å². The minimum atomic E-state index is -4.44. The number of aliphatic hydroxyl groups excluding tert-OH is 2. The number of carbonyl (C=O) groups is 1. The van der Waals surface area contributed by atoms with Crippen LogP contribution >= 0.6 is 7.82 Å². The molecule has 0 saturated carbocycles. The third kappa shape index (κ3) is 48.7. The van der Waals surface area contributed by atoms with Crippen LogP contribution in [0.25, 0.3) is 0 Å². The lowest BCUT2D eigenvalue weighted by Crippen LogP contribution is -2.51. The number of nitrogens with zero attached hydrogens (tertiary/aromatic N) is 1. The van der Waals surface area contributed by atoms with E-state index in [1.165, 1.54) is 122 Å². The van der Waals surface area contributed by atoms with Crippen LogP contribution in [-0.2, 0) is 18.4 Å². The molecule has 0 aromatic carbocycles. The molecule has 0 aromatic heterocycles. The van der Waals surface area contributed by atoms with Crippen molar-refractivity contribution in [2.24, 2.45) is 0 Å². The maximum atomic E-state index is 13.0. The number of carbonyl (C=O) groups excluding carboxylic acids is 1. The highest BCUT2D eigenvalue weighted by atomic mass is 31.2. The summed E-state index contributed by atoms with van der Waals surface area (Å²) in [5.74, 6) is -0.276. The maximum Gasteiger partial charge on any atom is 0.472 e. The van der Waals surface area contributed by atoms with Gasteiger partial charge in [0.15, 0.2) is 0 Å². The summed E-state index contributed by atoms with van der Waals surface area (Å²) in [5.41, 5.74) is 0. The van der Waals surface area contributed by atoms with Crippen molar-refractivity contribution in [1.29, 1.82) is 0 Å². The lowest BCUT2D eigenvalue weighted by Gasteiger charge is -2.28. The second kappa shape index (κ2) is 47.6. The first kappa shape index (κ1) is 64.9. The predicted octanol–water partition coefficient (Wildman–Crippen LogP) is 15.3. The van der Waals surface area contributed by atoms with Crippen molar-refractivity contribution in [3.05, 3.63) is 72.9 Å². The van der Waals surface area contributed by atoms with Crippen LogP contribution in [0.15, 0.2) is 72.9 Å². The van der Waals surface area contributed by atoms with E-state index in [2.05, 4.69) is 85.2 Å². The monoisotopic (exact) mass is 962 g/mol. The normalized spacial score (nSPS) is 15.0. The zero-order valence-electron chi connectivity index (χ0n) is 44.0. The van der Waals surface area contributed by atoms with Crippen molar-refractivity contribution in [2.75, 3.05) is 40.9 Å². The zero-order chi connectivity index (χ0) is 49.4. The van der Waals surface area contributed by atoms with E-state index in [9.17, 15) is 24.5 Å². The lowest BCUT2D eigenvalue weighted by molar-refractivity contribution is -0.870. The third-order valence-corrected chi connectivity index (χ3v) is 13.1. The molecular formula is C57H106N2O7P+. The summed E-state index contributed by atoms with van der Waals surface area (Å²) in [6.45, 7) is 4.35.